The summed E-state index contributed by atoms with van der Waals surface area (Å²) in [6.07, 6.45) is 0.539. The van der Waals surface area contributed by atoms with Gasteiger partial charge in [0.2, 0.25) is 0 Å². The lowest BCUT2D eigenvalue weighted by molar-refractivity contribution is -0.116. The third kappa shape index (κ3) is 2.12. The molecule has 2 nitrogen and oxygen atoms in total. The Labute approximate surface area is 70.3 Å². The molecule has 0 N–H and O–H groups in total. The van der Waals surface area contributed by atoms with Gasteiger partial charge in [0.15, 0.2) is 0 Å². The minimum absolute atomic E-state index is 0.205. The fraction of sp³-hybridized carbons (Fsp3) is 0.500. The number of Topliss-reactive ketones (excluding diaryl/α,β-unsaturated/α-hetero) is 1. The third-order valence-electron chi connectivity index (χ3n) is 1.41. The lowest BCUT2D eigenvalue weighted by atomic mass is 10.2. The fourth-order valence-electron chi connectivity index (χ4n) is 0.964. The summed E-state index contributed by atoms with van der Waals surface area (Å²) >= 11 is 1.61. The number of rotatable bonds is 2. The molecule has 3 heteroatoms. The van der Waals surface area contributed by atoms with Crippen molar-refractivity contribution in [3.8, 4) is 0 Å². The molecule has 0 aliphatic heterocycles. The molecule has 0 aliphatic rings. The molecule has 0 fully saturated rings. The van der Waals surface area contributed by atoms with Crippen molar-refractivity contribution >= 4 is 17.1 Å². The van der Waals surface area contributed by atoms with Crippen LogP contribution in [0.15, 0.2) is 0 Å². The highest BCUT2D eigenvalue weighted by Gasteiger charge is 2.05. The van der Waals surface area contributed by atoms with Crippen LogP contribution in [-0.4, -0.2) is 10.8 Å². The van der Waals surface area contributed by atoms with E-state index in [4.69, 9.17) is 0 Å². The number of nitrogens with zero attached hydrogens (tertiary/aromatic N) is 1. The van der Waals surface area contributed by atoms with Crippen LogP contribution in [-0.2, 0) is 11.2 Å². The van der Waals surface area contributed by atoms with Crippen molar-refractivity contribution in [2.45, 2.75) is 27.2 Å². The first kappa shape index (κ1) is 8.40. The minimum Gasteiger partial charge on any atom is -0.300 e. The summed E-state index contributed by atoms with van der Waals surface area (Å²) < 4.78 is 0. The number of aromatic nitrogens is 1. The van der Waals surface area contributed by atoms with Gasteiger partial charge in [0.1, 0.15) is 5.78 Å². The van der Waals surface area contributed by atoms with Crippen molar-refractivity contribution in [2.24, 2.45) is 0 Å². The molecular weight excluding hydrogens is 158 g/mol. The predicted octanol–water partition coefficient (Wildman–Crippen LogP) is 1.89. The summed E-state index contributed by atoms with van der Waals surface area (Å²) in [4.78, 5) is 16.1. The van der Waals surface area contributed by atoms with E-state index in [1.54, 1.807) is 18.3 Å². The molecule has 0 aliphatic carbocycles. The Hall–Kier alpha value is -0.700. The quantitative estimate of drug-likeness (QED) is 0.676. The smallest absolute Gasteiger partial charge is 0.135 e. The molecule has 0 bridgehead atoms. The van der Waals surface area contributed by atoms with Crippen LogP contribution < -0.4 is 0 Å². The number of carbonyl (C=O) groups excluding carboxylic acids is 1. The van der Waals surface area contributed by atoms with E-state index < -0.39 is 0 Å². The van der Waals surface area contributed by atoms with Crippen molar-refractivity contribution < 1.29 is 4.79 Å². The number of carbonyl (C=O) groups is 1. The van der Waals surface area contributed by atoms with Crippen LogP contribution >= 0.6 is 11.3 Å². The Morgan fingerprint density at radius 1 is 1.55 bits per heavy atom. The van der Waals surface area contributed by atoms with Crippen LogP contribution in [0.2, 0.25) is 0 Å². The van der Waals surface area contributed by atoms with Gasteiger partial charge in [0.25, 0.3) is 0 Å². The number of ketones is 1. The van der Waals surface area contributed by atoms with E-state index in [1.165, 1.54) is 0 Å². The zero-order chi connectivity index (χ0) is 8.43. The van der Waals surface area contributed by atoms with Gasteiger partial charge in [-0.05, 0) is 20.8 Å². The summed E-state index contributed by atoms with van der Waals surface area (Å²) in [6.45, 7) is 5.51. The molecule has 0 spiro atoms. The predicted molar refractivity (Wildman–Crippen MR) is 46.0 cm³/mol. The van der Waals surface area contributed by atoms with Crippen LogP contribution in [0.3, 0.4) is 0 Å². The molecule has 0 radical (unpaired) electrons. The Morgan fingerprint density at radius 3 is 2.55 bits per heavy atom. The highest BCUT2D eigenvalue weighted by molar-refractivity contribution is 7.11. The summed E-state index contributed by atoms with van der Waals surface area (Å²) in [7, 11) is 0. The van der Waals surface area contributed by atoms with Crippen LogP contribution in [0.5, 0.6) is 0 Å². The molecule has 1 aromatic heterocycles. The lowest BCUT2D eigenvalue weighted by Crippen LogP contribution is -1.94. The molecule has 0 amide bonds. The largest absolute Gasteiger partial charge is 0.300 e. The third-order valence-corrected chi connectivity index (χ3v) is 2.48. The zero-order valence-electron chi connectivity index (χ0n) is 6.97. The molecule has 0 aromatic carbocycles. The maximum absolute atomic E-state index is 10.8. The van der Waals surface area contributed by atoms with Gasteiger partial charge < -0.3 is 0 Å². The van der Waals surface area contributed by atoms with Gasteiger partial charge >= 0.3 is 0 Å². The highest BCUT2D eigenvalue weighted by Crippen LogP contribution is 2.17. The van der Waals surface area contributed by atoms with Crippen molar-refractivity contribution in [1.82, 2.24) is 4.98 Å². The molecule has 1 rings (SSSR count). The van der Waals surface area contributed by atoms with Crippen molar-refractivity contribution in [3.05, 3.63) is 15.6 Å². The van der Waals surface area contributed by atoms with E-state index in [0.29, 0.717) is 6.42 Å². The second-order valence-electron chi connectivity index (χ2n) is 2.62. The maximum atomic E-state index is 10.8. The minimum atomic E-state index is 0.205. The van der Waals surface area contributed by atoms with Gasteiger partial charge in [-0.25, -0.2) is 4.98 Å². The van der Waals surface area contributed by atoms with Gasteiger partial charge in [-0.2, -0.15) is 0 Å². The van der Waals surface area contributed by atoms with E-state index in [2.05, 4.69) is 4.98 Å². The Morgan fingerprint density at radius 2 is 2.18 bits per heavy atom. The number of hydrogen-bond donors (Lipinski definition) is 0. The summed E-state index contributed by atoms with van der Waals surface area (Å²) in [5, 5.41) is 1.04. The molecule has 0 saturated carbocycles. The zero-order valence-corrected chi connectivity index (χ0v) is 7.79. The van der Waals surface area contributed by atoms with Gasteiger partial charge in [-0.15, -0.1) is 11.3 Å². The number of hydrogen-bond acceptors (Lipinski definition) is 3. The number of aryl methyl sites for hydroxylation is 2. The molecule has 0 saturated heterocycles. The Balaban J connectivity index is 2.85. The monoisotopic (exact) mass is 169 g/mol. The van der Waals surface area contributed by atoms with Crippen molar-refractivity contribution in [2.75, 3.05) is 0 Å². The van der Waals surface area contributed by atoms with Gasteiger partial charge in [-0.3, -0.25) is 4.79 Å². The maximum Gasteiger partial charge on any atom is 0.135 e. The molecule has 0 atom stereocenters. The van der Waals surface area contributed by atoms with Crippen molar-refractivity contribution in [3.63, 3.8) is 0 Å². The van der Waals surface area contributed by atoms with E-state index >= 15 is 0 Å². The van der Waals surface area contributed by atoms with E-state index in [9.17, 15) is 4.79 Å². The van der Waals surface area contributed by atoms with E-state index in [1.807, 2.05) is 13.8 Å². The fourth-order valence-corrected chi connectivity index (χ4v) is 1.97. The van der Waals surface area contributed by atoms with Gasteiger partial charge in [-0.1, -0.05) is 0 Å². The SMILES string of the molecule is CC(=O)Cc1sc(C)nc1C. The van der Waals surface area contributed by atoms with Gasteiger partial charge in [0.05, 0.1) is 10.7 Å². The molecule has 60 valence electrons. The first-order valence-electron chi connectivity index (χ1n) is 3.52. The van der Waals surface area contributed by atoms with Crippen LogP contribution in [0, 0.1) is 13.8 Å². The molecule has 1 aromatic rings. The van der Waals surface area contributed by atoms with Crippen LogP contribution in [0.4, 0.5) is 0 Å². The first-order chi connectivity index (χ1) is 5.09. The molecular formula is C8H11NOS. The Bertz CT molecular complexity index is 278. The molecule has 0 unspecified atom stereocenters. The first-order valence-corrected chi connectivity index (χ1v) is 4.33. The lowest BCUT2D eigenvalue weighted by Gasteiger charge is -1.90. The summed E-state index contributed by atoms with van der Waals surface area (Å²) in [5.74, 6) is 0.205. The summed E-state index contributed by atoms with van der Waals surface area (Å²) in [5.41, 5.74) is 1.00. The van der Waals surface area contributed by atoms with Crippen LogP contribution in [0.1, 0.15) is 22.5 Å². The Kier molecular flexibility index (Phi) is 2.39. The highest BCUT2D eigenvalue weighted by atomic mass is 32.1. The molecule has 1 heterocycles. The van der Waals surface area contributed by atoms with Crippen LogP contribution in [0.25, 0.3) is 0 Å². The standard InChI is InChI=1S/C8H11NOS/c1-5(10)4-8-6(2)9-7(3)11-8/h4H2,1-3H3. The average molecular weight is 169 g/mol. The normalized spacial score (nSPS) is 10.1. The topological polar surface area (TPSA) is 30.0 Å². The number of thiazole rings is 1. The molecule has 11 heavy (non-hydrogen) atoms. The van der Waals surface area contributed by atoms with E-state index in [-0.39, 0.29) is 5.78 Å². The van der Waals surface area contributed by atoms with E-state index in [0.717, 1.165) is 15.6 Å². The average Bonchev–Trinajstić information content (AvgIpc) is 2.09. The van der Waals surface area contributed by atoms with Gasteiger partial charge in [0, 0.05) is 11.3 Å². The van der Waals surface area contributed by atoms with Crippen molar-refractivity contribution in [1.29, 1.82) is 0 Å². The summed E-state index contributed by atoms with van der Waals surface area (Å²) in [6, 6.07) is 0. The second kappa shape index (κ2) is 3.13. The second-order valence-corrected chi connectivity index (χ2v) is 3.91.